The Balaban J connectivity index is 0.000000161. The van der Waals surface area contributed by atoms with Crippen LogP contribution in [0.4, 0.5) is 0 Å². The van der Waals surface area contributed by atoms with Crippen molar-refractivity contribution in [1.82, 2.24) is 0 Å². The van der Waals surface area contributed by atoms with Gasteiger partial charge in [0.2, 0.25) is 0 Å². The molecule has 0 nitrogen and oxygen atoms in total. The van der Waals surface area contributed by atoms with E-state index in [9.17, 15) is 0 Å². The maximum Gasteiger partial charge on any atom is 4.00 e. The molecule has 0 aliphatic heterocycles. The van der Waals surface area contributed by atoms with Crippen molar-refractivity contribution >= 4 is 21.5 Å². The Morgan fingerprint density at radius 2 is 1.10 bits per heavy atom. The molecule has 6 rings (SSSR count). The van der Waals surface area contributed by atoms with E-state index in [1.165, 1.54) is 85.8 Å². The van der Waals surface area contributed by atoms with Gasteiger partial charge in [-0.1, -0.05) is 74.9 Å². The van der Waals surface area contributed by atoms with Crippen LogP contribution >= 0.6 is 0 Å². The van der Waals surface area contributed by atoms with Crippen molar-refractivity contribution in [2.75, 3.05) is 0 Å². The fourth-order valence-electron chi connectivity index (χ4n) is 4.04. The summed E-state index contributed by atoms with van der Waals surface area (Å²) in [6, 6.07) is 19.3. The predicted molar refractivity (Wildman–Crippen MR) is 133 cm³/mol. The van der Waals surface area contributed by atoms with E-state index < -0.39 is 0 Å². The summed E-state index contributed by atoms with van der Waals surface area (Å²) in [5.41, 5.74) is 0. The van der Waals surface area contributed by atoms with Gasteiger partial charge in [0.25, 0.3) is 0 Å². The minimum absolute atomic E-state index is 0. The van der Waals surface area contributed by atoms with Crippen molar-refractivity contribution < 1.29 is 26.2 Å². The Morgan fingerprint density at radius 3 is 1.39 bits per heavy atom. The van der Waals surface area contributed by atoms with Crippen LogP contribution in [0.25, 0.3) is 21.5 Å². The second-order valence-electron chi connectivity index (χ2n) is 8.18. The summed E-state index contributed by atoms with van der Waals surface area (Å²) in [7, 11) is 0. The van der Waals surface area contributed by atoms with Gasteiger partial charge in [-0.25, -0.2) is 12.2 Å². The van der Waals surface area contributed by atoms with Crippen molar-refractivity contribution in [3.8, 4) is 0 Å². The first kappa shape index (κ1) is 25.9. The molecule has 0 aromatic heterocycles. The summed E-state index contributed by atoms with van der Waals surface area (Å²) in [5, 5.41) is 5.39. The first-order valence-electron chi connectivity index (χ1n) is 11.8. The maximum absolute atomic E-state index is 2.99. The fourth-order valence-corrected chi connectivity index (χ4v) is 4.04. The molecule has 0 unspecified atom stereocenters. The SMILES string of the molecule is [C-]1=CC=CC1.[CH-]1CCCCC1.[CH-]1CCCCC1.[Zr+4].c1ccc2c(c1)[cH-]c1ccccc12. The minimum Gasteiger partial charge on any atom is -0.328 e. The standard InChI is InChI=1S/C13H9.2C6H11.C5H5.Zr/c1-3-7-12-10(5-1)9-11-6-2-4-8-13(11)12;2*1-2-4-6-5-3-1;1-2-4-5-3-1;/h1-9H;2*1H,2-6H2;1-3H,4H2;/q4*-1;+4. The van der Waals surface area contributed by atoms with Gasteiger partial charge in [-0.3, -0.25) is 6.08 Å². The van der Waals surface area contributed by atoms with Gasteiger partial charge in [-0.15, -0.1) is 46.2 Å². The van der Waals surface area contributed by atoms with Crippen LogP contribution in [0, 0.1) is 18.9 Å². The molecule has 0 spiro atoms. The van der Waals surface area contributed by atoms with Gasteiger partial charge in [0.15, 0.2) is 0 Å². The van der Waals surface area contributed by atoms with Gasteiger partial charge < -0.3 is 12.8 Å². The molecule has 1 heteroatoms. The molecule has 2 fully saturated rings. The number of hydrogen-bond donors (Lipinski definition) is 0. The number of fused-ring (bicyclic) bond motifs is 3. The largest absolute Gasteiger partial charge is 4.00 e. The first-order chi connectivity index (χ1) is 14.9. The van der Waals surface area contributed by atoms with Gasteiger partial charge in [0, 0.05) is 0 Å². The molecule has 0 radical (unpaired) electrons. The summed E-state index contributed by atoms with van der Waals surface area (Å²) < 4.78 is 0. The molecule has 2 saturated carbocycles. The third-order valence-corrected chi connectivity index (χ3v) is 5.74. The average Bonchev–Trinajstić information content (AvgIpc) is 3.54. The summed E-state index contributed by atoms with van der Waals surface area (Å²) in [6.45, 7) is 0. The van der Waals surface area contributed by atoms with Crippen LogP contribution in [-0.4, -0.2) is 0 Å². The molecule has 160 valence electrons. The molecule has 3 aliphatic rings. The number of allylic oxidation sites excluding steroid dienone is 4. The fraction of sp³-hybridized carbons (Fsp3) is 0.367. The smallest absolute Gasteiger partial charge is 0.328 e. The Hall–Kier alpha value is -1.33. The van der Waals surface area contributed by atoms with Gasteiger partial charge >= 0.3 is 26.2 Å². The van der Waals surface area contributed by atoms with Crippen LogP contribution in [0.2, 0.25) is 0 Å². The molecule has 3 aromatic rings. The second kappa shape index (κ2) is 16.3. The molecular weight excluding hydrogens is 452 g/mol. The molecular formula is C30H36Zr. The topological polar surface area (TPSA) is 0 Å². The molecule has 0 heterocycles. The van der Waals surface area contributed by atoms with Gasteiger partial charge in [-0.05, 0) is 0 Å². The van der Waals surface area contributed by atoms with E-state index in [0.29, 0.717) is 0 Å². The van der Waals surface area contributed by atoms with Crippen LogP contribution in [-0.2, 0) is 26.2 Å². The zero-order valence-electron chi connectivity index (χ0n) is 18.9. The average molecular weight is 488 g/mol. The van der Waals surface area contributed by atoms with Crippen LogP contribution < -0.4 is 0 Å². The van der Waals surface area contributed by atoms with Crippen molar-refractivity contribution in [3.05, 3.63) is 91.7 Å². The van der Waals surface area contributed by atoms with Crippen molar-refractivity contribution in [1.29, 1.82) is 0 Å². The minimum atomic E-state index is 0. The van der Waals surface area contributed by atoms with Crippen LogP contribution in [0.5, 0.6) is 0 Å². The summed E-state index contributed by atoms with van der Waals surface area (Å²) in [5.74, 6) is 0. The van der Waals surface area contributed by atoms with Crippen molar-refractivity contribution in [2.24, 2.45) is 0 Å². The number of hydrogen-bond acceptors (Lipinski definition) is 0. The zero-order chi connectivity index (χ0) is 20.7. The van der Waals surface area contributed by atoms with E-state index in [2.05, 4.69) is 79.6 Å². The summed E-state index contributed by atoms with van der Waals surface area (Å²) in [6.07, 6.45) is 29.0. The van der Waals surface area contributed by atoms with E-state index in [1.54, 1.807) is 0 Å². The van der Waals surface area contributed by atoms with Crippen molar-refractivity contribution in [2.45, 2.75) is 70.6 Å². The summed E-state index contributed by atoms with van der Waals surface area (Å²) in [4.78, 5) is 0. The number of rotatable bonds is 0. The predicted octanol–water partition coefficient (Wildman–Crippen LogP) is 9.32. The van der Waals surface area contributed by atoms with Crippen molar-refractivity contribution in [3.63, 3.8) is 0 Å². The molecule has 0 atom stereocenters. The molecule has 0 N–H and O–H groups in total. The molecule has 3 aliphatic carbocycles. The van der Waals surface area contributed by atoms with E-state index in [4.69, 9.17) is 0 Å². The third-order valence-electron chi connectivity index (χ3n) is 5.74. The Kier molecular flexibility index (Phi) is 13.7. The monoisotopic (exact) mass is 486 g/mol. The Morgan fingerprint density at radius 1 is 0.613 bits per heavy atom. The first-order valence-corrected chi connectivity index (χ1v) is 11.8. The number of benzene rings is 2. The maximum atomic E-state index is 2.99. The van der Waals surface area contributed by atoms with Crippen LogP contribution in [0.1, 0.15) is 70.6 Å². The van der Waals surface area contributed by atoms with Gasteiger partial charge in [-0.2, -0.15) is 31.8 Å². The van der Waals surface area contributed by atoms with Crippen LogP contribution in [0.3, 0.4) is 0 Å². The van der Waals surface area contributed by atoms with Crippen LogP contribution in [0.15, 0.2) is 72.8 Å². The van der Waals surface area contributed by atoms with E-state index >= 15 is 0 Å². The Labute approximate surface area is 209 Å². The molecule has 0 bridgehead atoms. The molecule has 0 saturated heterocycles. The molecule has 31 heavy (non-hydrogen) atoms. The van der Waals surface area contributed by atoms with Gasteiger partial charge in [0.05, 0.1) is 0 Å². The van der Waals surface area contributed by atoms with E-state index in [-0.39, 0.29) is 26.2 Å². The summed E-state index contributed by atoms with van der Waals surface area (Å²) >= 11 is 0. The van der Waals surface area contributed by atoms with E-state index in [1.807, 2.05) is 12.2 Å². The second-order valence-corrected chi connectivity index (χ2v) is 8.18. The normalized spacial score (nSPS) is 16.8. The Bertz CT molecular complexity index is 796. The molecule has 3 aromatic carbocycles. The third kappa shape index (κ3) is 9.78. The van der Waals surface area contributed by atoms with Gasteiger partial charge in [0.1, 0.15) is 0 Å². The quantitative estimate of drug-likeness (QED) is 0.277. The van der Waals surface area contributed by atoms with E-state index in [0.717, 1.165) is 6.42 Å². The molecule has 0 amide bonds. The zero-order valence-corrected chi connectivity index (χ0v) is 21.3.